The highest BCUT2D eigenvalue weighted by Crippen LogP contribution is 2.41. The first-order valence-corrected chi connectivity index (χ1v) is 9.65. The first-order chi connectivity index (χ1) is 13.0. The van der Waals surface area contributed by atoms with Gasteiger partial charge in [-0.25, -0.2) is 9.37 Å². The van der Waals surface area contributed by atoms with Crippen LogP contribution in [0.2, 0.25) is 10.2 Å². The van der Waals surface area contributed by atoms with Gasteiger partial charge >= 0.3 is 0 Å². The molecule has 0 atom stereocenters. The molecule has 140 valence electrons. The molecule has 0 amide bonds. The van der Waals surface area contributed by atoms with Crippen LogP contribution in [0.1, 0.15) is 25.3 Å². The van der Waals surface area contributed by atoms with Gasteiger partial charge < -0.3 is 4.90 Å². The maximum absolute atomic E-state index is 13.6. The number of piperidine rings is 1. The largest absolute Gasteiger partial charge is 0.356 e. The van der Waals surface area contributed by atoms with Crippen molar-refractivity contribution in [1.29, 1.82) is 0 Å². The number of rotatable bonds is 3. The number of fused-ring (bicyclic) bond motifs is 1. The molecule has 3 aromatic rings. The van der Waals surface area contributed by atoms with E-state index in [1.807, 2.05) is 0 Å². The molecular weight excluding hydrogens is 386 g/mol. The zero-order valence-electron chi connectivity index (χ0n) is 14.9. The van der Waals surface area contributed by atoms with Crippen LogP contribution in [0.25, 0.3) is 22.9 Å². The molecule has 1 aromatic carbocycles. The minimum Gasteiger partial charge on any atom is -0.356 e. The highest BCUT2D eigenvalue weighted by atomic mass is 35.5. The van der Waals surface area contributed by atoms with Crippen LogP contribution in [0.5, 0.6) is 0 Å². The summed E-state index contributed by atoms with van der Waals surface area (Å²) in [5, 5.41) is 5.13. The quantitative estimate of drug-likeness (QED) is 0.523. The van der Waals surface area contributed by atoms with Gasteiger partial charge in [0, 0.05) is 24.2 Å². The Morgan fingerprint density at radius 3 is 2.67 bits per heavy atom. The molecular formula is C20H19Cl2FN4. The number of halogens is 3. The molecule has 4 rings (SSSR count). The Morgan fingerprint density at radius 2 is 2.00 bits per heavy atom. The van der Waals surface area contributed by atoms with E-state index in [2.05, 4.69) is 28.5 Å². The highest BCUT2D eigenvalue weighted by Gasteiger charge is 2.26. The summed E-state index contributed by atoms with van der Waals surface area (Å²) in [7, 11) is 0. The average molecular weight is 405 g/mol. The first kappa shape index (κ1) is 18.3. The van der Waals surface area contributed by atoms with Crippen molar-refractivity contribution in [3.8, 4) is 11.1 Å². The fourth-order valence-electron chi connectivity index (χ4n) is 3.55. The number of hydrogen-bond acceptors (Lipinski definition) is 3. The van der Waals surface area contributed by atoms with Gasteiger partial charge in [-0.1, -0.05) is 42.8 Å². The Balaban J connectivity index is 2.00. The van der Waals surface area contributed by atoms with Crippen molar-refractivity contribution in [2.75, 3.05) is 18.0 Å². The number of hydrogen-bond donors (Lipinski definition) is 0. The predicted octanol–water partition coefficient (Wildman–Crippen LogP) is 5.72. The van der Waals surface area contributed by atoms with Crippen molar-refractivity contribution in [1.82, 2.24) is 14.6 Å². The Bertz CT molecular complexity index is 1020. The summed E-state index contributed by atoms with van der Waals surface area (Å²) in [5.41, 5.74) is 2.76. The maximum atomic E-state index is 13.6. The lowest BCUT2D eigenvalue weighted by atomic mass is 9.98. The van der Waals surface area contributed by atoms with E-state index in [4.69, 9.17) is 23.2 Å². The first-order valence-electron chi connectivity index (χ1n) is 8.89. The molecule has 0 unspecified atom stereocenters. The summed E-state index contributed by atoms with van der Waals surface area (Å²) in [4.78, 5) is 6.79. The van der Waals surface area contributed by atoms with E-state index >= 15 is 0 Å². The Kier molecular flexibility index (Phi) is 4.82. The smallest absolute Gasteiger partial charge is 0.166 e. The van der Waals surface area contributed by atoms with Gasteiger partial charge in [0.05, 0.1) is 16.8 Å². The predicted molar refractivity (Wildman–Crippen MR) is 109 cm³/mol. The van der Waals surface area contributed by atoms with Crippen LogP contribution in [0, 0.1) is 11.7 Å². The molecule has 0 aliphatic carbocycles. The summed E-state index contributed by atoms with van der Waals surface area (Å²) in [6, 6.07) is 4.31. The molecule has 1 fully saturated rings. The molecule has 0 N–H and O–H groups in total. The zero-order chi connectivity index (χ0) is 19.1. The number of nitrogens with zero attached hydrogens (tertiary/aromatic N) is 4. The van der Waals surface area contributed by atoms with Gasteiger partial charge in [0.25, 0.3) is 0 Å². The van der Waals surface area contributed by atoms with E-state index in [9.17, 15) is 4.39 Å². The summed E-state index contributed by atoms with van der Waals surface area (Å²) in [5.74, 6) is 1.11. The van der Waals surface area contributed by atoms with Gasteiger partial charge in [-0.15, -0.1) is 0 Å². The molecule has 7 heteroatoms. The minimum absolute atomic E-state index is 0.292. The molecule has 0 saturated carbocycles. The van der Waals surface area contributed by atoms with Crippen molar-refractivity contribution in [3.63, 3.8) is 0 Å². The zero-order valence-corrected chi connectivity index (χ0v) is 16.4. The van der Waals surface area contributed by atoms with Crippen LogP contribution in [0.4, 0.5) is 10.2 Å². The van der Waals surface area contributed by atoms with Crippen molar-refractivity contribution >= 4 is 40.7 Å². The van der Waals surface area contributed by atoms with Crippen LogP contribution < -0.4 is 4.90 Å². The summed E-state index contributed by atoms with van der Waals surface area (Å²) in [6.07, 6.45) is 5.58. The lowest BCUT2D eigenvalue weighted by Gasteiger charge is -2.33. The van der Waals surface area contributed by atoms with E-state index in [1.165, 1.54) is 12.1 Å². The normalized spacial score (nSPS) is 15.5. The van der Waals surface area contributed by atoms with Gasteiger partial charge in [-0.2, -0.15) is 9.61 Å². The van der Waals surface area contributed by atoms with E-state index in [0.29, 0.717) is 32.9 Å². The highest BCUT2D eigenvalue weighted by molar-refractivity contribution is 6.36. The number of anilines is 1. The molecule has 1 aliphatic rings. The molecule has 4 nitrogen and oxygen atoms in total. The molecule has 0 spiro atoms. The fourth-order valence-corrected chi connectivity index (χ4v) is 4.08. The maximum Gasteiger partial charge on any atom is 0.166 e. The molecule has 2 aromatic heterocycles. The van der Waals surface area contributed by atoms with Crippen LogP contribution >= 0.6 is 23.2 Å². The Labute approximate surface area is 167 Å². The second-order valence-corrected chi connectivity index (χ2v) is 7.70. The molecule has 0 bridgehead atoms. The number of benzene rings is 1. The van der Waals surface area contributed by atoms with Gasteiger partial charge in [0.15, 0.2) is 5.65 Å². The lowest BCUT2D eigenvalue weighted by molar-refractivity contribution is 0.435. The van der Waals surface area contributed by atoms with Crippen molar-refractivity contribution in [3.05, 3.63) is 52.5 Å². The molecule has 27 heavy (non-hydrogen) atoms. The second kappa shape index (κ2) is 7.13. The Morgan fingerprint density at radius 1 is 1.26 bits per heavy atom. The third kappa shape index (κ3) is 3.19. The van der Waals surface area contributed by atoms with Gasteiger partial charge in [-0.3, -0.25) is 0 Å². The monoisotopic (exact) mass is 404 g/mol. The van der Waals surface area contributed by atoms with Crippen LogP contribution in [0.3, 0.4) is 0 Å². The standard InChI is InChI=1S/C20H19Cl2FN4/c1-3-13-11-24-27-19(13)25-18(22)17(15-5-4-14(23)10-16(15)21)20(27)26-8-6-12(2)7-9-26/h3-5,10-12H,1,6-9H2,2H3. The summed E-state index contributed by atoms with van der Waals surface area (Å²) < 4.78 is 15.4. The van der Waals surface area contributed by atoms with Crippen molar-refractivity contribution < 1.29 is 4.39 Å². The fraction of sp³-hybridized carbons (Fsp3) is 0.300. The topological polar surface area (TPSA) is 33.4 Å². The summed E-state index contributed by atoms with van der Waals surface area (Å²) in [6.45, 7) is 7.85. The summed E-state index contributed by atoms with van der Waals surface area (Å²) >= 11 is 13.0. The SMILES string of the molecule is C=Cc1cnn2c(N3CCC(C)CC3)c(-c3ccc(F)cc3Cl)c(Cl)nc12. The number of aromatic nitrogens is 3. The van der Waals surface area contributed by atoms with E-state index in [1.54, 1.807) is 22.9 Å². The molecule has 0 radical (unpaired) electrons. The third-order valence-corrected chi connectivity index (χ3v) is 5.70. The van der Waals surface area contributed by atoms with E-state index in [-0.39, 0.29) is 0 Å². The molecule has 1 aliphatic heterocycles. The van der Waals surface area contributed by atoms with Crippen molar-refractivity contribution in [2.24, 2.45) is 5.92 Å². The van der Waals surface area contributed by atoms with Gasteiger partial charge in [-0.05, 0) is 37.0 Å². The third-order valence-electron chi connectivity index (χ3n) is 5.11. The molecule has 1 saturated heterocycles. The van der Waals surface area contributed by atoms with Crippen LogP contribution in [-0.2, 0) is 0 Å². The van der Waals surface area contributed by atoms with E-state index < -0.39 is 5.82 Å². The van der Waals surface area contributed by atoms with Gasteiger partial charge in [0.2, 0.25) is 0 Å². The van der Waals surface area contributed by atoms with Crippen molar-refractivity contribution in [2.45, 2.75) is 19.8 Å². The average Bonchev–Trinajstić information content (AvgIpc) is 3.04. The van der Waals surface area contributed by atoms with Gasteiger partial charge in [0.1, 0.15) is 16.8 Å². The minimum atomic E-state index is -0.393. The second-order valence-electron chi connectivity index (χ2n) is 6.93. The Hall–Kier alpha value is -2.11. The molecule has 3 heterocycles. The van der Waals surface area contributed by atoms with Crippen LogP contribution in [0.15, 0.2) is 31.0 Å². The van der Waals surface area contributed by atoms with Crippen LogP contribution in [-0.4, -0.2) is 27.7 Å². The lowest BCUT2D eigenvalue weighted by Crippen LogP contribution is -2.34. The van der Waals surface area contributed by atoms with E-state index in [0.717, 1.165) is 37.3 Å².